The van der Waals surface area contributed by atoms with Crippen LogP contribution in [0.15, 0.2) is 41.1 Å². The van der Waals surface area contributed by atoms with E-state index in [1.165, 1.54) is 12.5 Å². The summed E-state index contributed by atoms with van der Waals surface area (Å²) in [5, 5.41) is 21.4. The zero-order valence-electron chi connectivity index (χ0n) is 15.7. The third kappa shape index (κ3) is 4.01. The molecular weight excluding hydrogens is 406 g/mol. The second-order valence-corrected chi connectivity index (χ2v) is 7.74. The third-order valence-corrected chi connectivity index (χ3v) is 5.76. The number of nitrogens with one attached hydrogen (secondary N) is 1. The number of carbonyl (C=O) groups is 2. The second kappa shape index (κ2) is 8.34. The van der Waals surface area contributed by atoms with Gasteiger partial charge in [-0.3, -0.25) is 14.9 Å². The van der Waals surface area contributed by atoms with Gasteiger partial charge in [-0.25, -0.2) is 9.97 Å². The first kappa shape index (κ1) is 19.6. The molecule has 152 valence electrons. The van der Waals surface area contributed by atoms with Gasteiger partial charge in [0.15, 0.2) is 10.9 Å². The minimum Gasteiger partial charge on any atom is -0.481 e. The van der Waals surface area contributed by atoms with Gasteiger partial charge in [-0.2, -0.15) is 5.26 Å². The number of aliphatic carboxylic acids is 1. The molecule has 3 aromatic rings. The molecule has 1 saturated heterocycles. The number of hydrogen-bond acceptors (Lipinski definition) is 8. The molecule has 0 atom stereocenters. The van der Waals surface area contributed by atoms with Crippen LogP contribution in [0.4, 0.5) is 10.9 Å². The molecule has 0 unspecified atom stereocenters. The molecule has 4 heterocycles. The van der Waals surface area contributed by atoms with Crippen molar-refractivity contribution in [1.82, 2.24) is 9.97 Å². The molecule has 0 aromatic carbocycles. The van der Waals surface area contributed by atoms with Crippen molar-refractivity contribution in [1.29, 1.82) is 5.26 Å². The number of amides is 1. The van der Waals surface area contributed by atoms with E-state index in [9.17, 15) is 14.9 Å². The maximum atomic E-state index is 12.5. The largest absolute Gasteiger partial charge is 0.481 e. The average Bonchev–Trinajstić information content (AvgIpc) is 3.43. The molecule has 9 nitrogen and oxygen atoms in total. The van der Waals surface area contributed by atoms with Crippen molar-refractivity contribution in [2.24, 2.45) is 5.92 Å². The van der Waals surface area contributed by atoms with Crippen LogP contribution in [0.2, 0.25) is 0 Å². The van der Waals surface area contributed by atoms with Gasteiger partial charge < -0.3 is 14.4 Å². The van der Waals surface area contributed by atoms with Crippen molar-refractivity contribution in [3.63, 3.8) is 0 Å². The summed E-state index contributed by atoms with van der Waals surface area (Å²) in [5.74, 6) is -0.291. The lowest BCUT2D eigenvalue weighted by Crippen LogP contribution is -2.36. The molecule has 0 saturated carbocycles. The average molecular weight is 423 g/mol. The summed E-state index contributed by atoms with van der Waals surface area (Å²) >= 11 is 1.07. The van der Waals surface area contributed by atoms with Crippen molar-refractivity contribution in [3.8, 4) is 17.5 Å². The molecule has 1 aliphatic heterocycles. The van der Waals surface area contributed by atoms with Gasteiger partial charge >= 0.3 is 5.97 Å². The van der Waals surface area contributed by atoms with Crippen molar-refractivity contribution in [2.45, 2.75) is 12.8 Å². The molecule has 4 rings (SSSR count). The van der Waals surface area contributed by atoms with Crippen LogP contribution in [0.3, 0.4) is 0 Å². The highest BCUT2D eigenvalue weighted by atomic mass is 32.1. The van der Waals surface area contributed by atoms with E-state index in [2.05, 4.69) is 21.4 Å². The highest BCUT2D eigenvalue weighted by Gasteiger charge is 2.25. The van der Waals surface area contributed by atoms with Crippen molar-refractivity contribution in [2.75, 3.05) is 23.3 Å². The Morgan fingerprint density at radius 3 is 2.70 bits per heavy atom. The Hall–Kier alpha value is -3.71. The standard InChI is InChI=1S/C20H17N5O4S/c21-10-15-17(14-2-1-9-29-14)23-20(30-15)24-18(26)13-3-4-16(22-11-13)25-7-5-12(6-8-25)19(27)28/h1-4,9,11-12H,5-8H2,(H,27,28)(H,23,24,26). The van der Waals surface area contributed by atoms with E-state index in [4.69, 9.17) is 9.52 Å². The van der Waals surface area contributed by atoms with Crippen LogP contribution in [0, 0.1) is 17.2 Å². The Morgan fingerprint density at radius 2 is 2.10 bits per heavy atom. The van der Waals surface area contributed by atoms with E-state index in [1.807, 2.05) is 4.90 Å². The fraction of sp³-hybridized carbons (Fsp3) is 0.250. The normalized spacial score (nSPS) is 14.3. The number of furan rings is 1. The van der Waals surface area contributed by atoms with Gasteiger partial charge in [0.1, 0.15) is 22.5 Å². The maximum absolute atomic E-state index is 12.5. The molecule has 1 fully saturated rings. The van der Waals surface area contributed by atoms with Crippen LogP contribution in [0.1, 0.15) is 28.1 Å². The summed E-state index contributed by atoms with van der Waals surface area (Å²) in [7, 11) is 0. The molecule has 0 aliphatic carbocycles. The summed E-state index contributed by atoms with van der Waals surface area (Å²) < 4.78 is 5.29. The number of carboxylic acid groups (broad SMARTS) is 1. The first-order valence-corrected chi connectivity index (χ1v) is 10.1. The van der Waals surface area contributed by atoms with Crippen LogP contribution >= 0.6 is 11.3 Å². The predicted molar refractivity (Wildman–Crippen MR) is 109 cm³/mol. The second-order valence-electron chi connectivity index (χ2n) is 6.74. The van der Waals surface area contributed by atoms with Gasteiger partial charge in [0.2, 0.25) is 0 Å². The van der Waals surface area contributed by atoms with Gasteiger partial charge in [0.25, 0.3) is 5.91 Å². The molecule has 10 heteroatoms. The topological polar surface area (TPSA) is 132 Å². The lowest BCUT2D eigenvalue weighted by Gasteiger charge is -2.30. The van der Waals surface area contributed by atoms with E-state index in [0.29, 0.717) is 58.8 Å². The Bertz CT molecular complexity index is 1090. The van der Waals surface area contributed by atoms with Crippen LogP contribution in [0.25, 0.3) is 11.5 Å². The lowest BCUT2D eigenvalue weighted by molar-refractivity contribution is -0.142. The van der Waals surface area contributed by atoms with Crippen molar-refractivity contribution < 1.29 is 19.1 Å². The van der Waals surface area contributed by atoms with Crippen LogP contribution in [-0.4, -0.2) is 40.0 Å². The first-order chi connectivity index (χ1) is 14.5. The number of carbonyl (C=O) groups excluding carboxylic acids is 1. The molecule has 2 N–H and O–H groups in total. The van der Waals surface area contributed by atoms with Crippen LogP contribution in [0.5, 0.6) is 0 Å². The molecule has 1 amide bonds. The molecular formula is C20H17N5O4S. The van der Waals surface area contributed by atoms with E-state index >= 15 is 0 Å². The number of anilines is 2. The summed E-state index contributed by atoms with van der Waals surface area (Å²) in [6.45, 7) is 1.22. The third-order valence-electron chi connectivity index (χ3n) is 4.88. The van der Waals surface area contributed by atoms with Crippen LogP contribution < -0.4 is 10.2 Å². The quantitative estimate of drug-likeness (QED) is 0.639. The number of piperidine rings is 1. The lowest BCUT2D eigenvalue weighted by atomic mass is 9.97. The summed E-state index contributed by atoms with van der Waals surface area (Å²) in [4.78, 5) is 34.6. The highest BCUT2D eigenvalue weighted by Crippen LogP contribution is 2.31. The number of carboxylic acids is 1. The van der Waals surface area contributed by atoms with Crippen molar-refractivity contribution >= 4 is 34.2 Å². The smallest absolute Gasteiger partial charge is 0.306 e. The Kier molecular flexibility index (Phi) is 5.45. The van der Waals surface area contributed by atoms with E-state index < -0.39 is 5.97 Å². The minimum atomic E-state index is -0.758. The number of rotatable bonds is 5. The van der Waals surface area contributed by atoms with Crippen molar-refractivity contribution in [3.05, 3.63) is 47.2 Å². The number of hydrogen-bond donors (Lipinski definition) is 2. The molecule has 3 aromatic heterocycles. The fourth-order valence-electron chi connectivity index (χ4n) is 3.26. The monoisotopic (exact) mass is 423 g/mol. The Morgan fingerprint density at radius 1 is 1.30 bits per heavy atom. The van der Waals surface area contributed by atoms with Gasteiger partial charge in [-0.1, -0.05) is 11.3 Å². The molecule has 0 spiro atoms. The molecule has 0 bridgehead atoms. The summed E-state index contributed by atoms with van der Waals surface area (Å²) in [6, 6.07) is 8.86. The minimum absolute atomic E-state index is 0.294. The number of aromatic nitrogens is 2. The molecule has 1 aliphatic rings. The number of pyridine rings is 1. The SMILES string of the molecule is N#Cc1sc(NC(=O)c2ccc(N3CCC(C(=O)O)CC3)nc2)nc1-c1ccco1. The maximum Gasteiger partial charge on any atom is 0.306 e. The summed E-state index contributed by atoms with van der Waals surface area (Å²) in [5.41, 5.74) is 0.744. The Labute approximate surface area is 175 Å². The van der Waals surface area contributed by atoms with Gasteiger partial charge in [-0.05, 0) is 37.1 Å². The highest BCUT2D eigenvalue weighted by molar-refractivity contribution is 7.16. The number of nitrogens with zero attached hydrogens (tertiary/aromatic N) is 4. The van der Waals surface area contributed by atoms with E-state index in [-0.39, 0.29) is 11.8 Å². The van der Waals surface area contributed by atoms with Gasteiger partial charge in [0.05, 0.1) is 17.7 Å². The molecule has 30 heavy (non-hydrogen) atoms. The zero-order chi connectivity index (χ0) is 21.1. The predicted octanol–water partition coefficient (Wildman–Crippen LogP) is 3.22. The number of thiazole rings is 1. The van der Waals surface area contributed by atoms with E-state index in [0.717, 1.165) is 11.3 Å². The van der Waals surface area contributed by atoms with Gasteiger partial charge in [-0.15, -0.1) is 0 Å². The summed E-state index contributed by atoms with van der Waals surface area (Å²) in [6.07, 6.45) is 4.11. The first-order valence-electron chi connectivity index (χ1n) is 9.25. The molecule has 0 radical (unpaired) electrons. The number of nitriles is 1. The van der Waals surface area contributed by atoms with Gasteiger partial charge in [0, 0.05) is 19.3 Å². The van der Waals surface area contributed by atoms with E-state index in [1.54, 1.807) is 24.3 Å². The fourth-order valence-corrected chi connectivity index (χ4v) is 4.02. The Balaban J connectivity index is 1.42. The van der Waals surface area contributed by atoms with Crippen LogP contribution in [-0.2, 0) is 4.79 Å². The zero-order valence-corrected chi connectivity index (χ0v) is 16.6.